The zero-order chi connectivity index (χ0) is 14.4. The lowest BCUT2D eigenvalue weighted by atomic mass is 10.2. The van der Waals surface area contributed by atoms with E-state index in [1.54, 1.807) is 11.3 Å². The van der Waals surface area contributed by atoms with Crippen LogP contribution in [-0.2, 0) is 0 Å². The standard InChI is InChI=1S/C14H18N2O2S2/c1-10-12(13(18)15-6-3-2-4-7-17)20-14(16-10)11-5-8-19-9-11/h5,8-9,17H,2-4,6-7H2,1H3,(H,15,18). The van der Waals surface area contributed by atoms with Crippen LogP contribution in [0.4, 0.5) is 0 Å². The normalized spacial score (nSPS) is 10.7. The van der Waals surface area contributed by atoms with Gasteiger partial charge in [-0.15, -0.1) is 11.3 Å². The Labute approximate surface area is 126 Å². The van der Waals surface area contributed by atoms with Crippen molar-refractivity contribution in [3.05, 3.63) is 27.4 Å². The van der Waals surface area contributed by atoms with E-state index < -0.39 is 0 Å². The smallest absolute Gasteiger partial charge is 0.263 e. The van der Waals surface area contributed by atoms with E-state index >= 15 is 0 Å². The summed E-state index contributed by atoms with van der Waals surface area (Å²) < 4.78 is 0. The van der Waals surface area contributed by atoms with Crippen LogP contribution in [0.15, 0.2) is 16.8 Å². The van der Waals surface area contributed by atoms with Crippen LogP contribution in [-0.4, -0.2) is 29.1 Å². The molecule has 0 saturated carbocycles. The van der Waals surface area contributed by atoms with Crippen LogP contribution in [0, 0.1) is 6.92 Å². The lowest BCUT2D eigenvalue weighted by Crippen LogP contribution is -2.24. The first-order chi connectivity index (χ1) is 9.72. The molecule has 0 atom stereocenters. The molecule has 0 spiro atoms. The average molecular weight is 310 g/mol. The van der Waals surface area contributed by atoms with Crippen molar-refractivity contribution in [3.8, 4) is 10.6 Å². The average Bonchev–Trinajstić information content (AvgIpc) is 3.07. The SMILES string of the molecule is Cc1nc(-c2ccsc2)sc1C(=O)NCCCCCO. The monoisotopic (exact) mass is 310 g/mol. The summed E-state index contributed by atoms with van der Waals surface area (Å²) in [5.41, 5.74) is 1.86. The summed E-state index contributed by atoms with van der Waals surface area (Å²) in [5, 5.41) is 16.5. The largest absolute Gasteiger partial charge is 0.396 e. The predicted molar refractivity (Wildman–Crippen MR) is 83.4 cm³/mol. The molecule has 0 fully saturated rings. The van der Waals surface area contributed by atoms with Crippen molar-refractivity contribution >= 4 is 28.6 Å². The van der Waals surface area contributed by atoms with Crippen LogP contribution in [0.1, 0.15) is 34.6 Å². The van der Waals surface area contributed by atoms with Gasteiger partial charge in [0.15, 0.2) is 0 Å². The minimum atomic E-state index is -0.0505. The van der Waals surface area contributed by atoms with Crippen molar-refractivity contribution in [1.82, 2.24) is 10.3 Å². The van der Waals surface area contributed by atoms with Gasteiger partial charge in [0.2, 0.25) is 0 Å². The highest BCUT2D eigenvalue weighted by atomic mass is 32.1. The van der Waals surface area contributed by atoms with Crippen molar-refractivity contribution in [2.24, 2.45) is 0 Å². The second kappa shape index (κ2) is 7.52. The minimum Gasteiger partial charge on any atom is -0.396 e. The number of thiophene rings is 1. The third kappa shape index (κ3) is 3.88. The maximum absolute atomic E-state index is 12.1. The highest BCUT2D eigenvalue weighted by Crippen LogP contribution is 2.29. The van der Waals surface area contributed by atoms with Gasteiger partial charge >= 0.3 is 0 Å². The summed E-state index contributed by atoms with van der Waals surface area (Å²) in [6.07, 6.45) is 2.61. The number of amides is 1. The molecular weight excluding hydrogens is 292 g/mol. The molecule has 2 rings (SSSR count). The van der Waals surface area contributed by atoms with E-state index in [9.17, 15) is 4.79 Å². The lowest BCUT2D eigenvalue weighted by molar-refractivity contribution is 0.0956. The number of nitrogens with zero attached hydrogens (tertiary/aromatic N) is 1. The van der Waals surface area contributed by atoms with E-state index in [0.29, 0.717) is 11.4 Å². The first kappa shape index (κ1) is 15.2. The molecule has 1 amide bonds. The summed E-state index contributed by atoms with van der Waals surface area (Å²) in [5.74, 6) is -0.0505. The second-order valence-corrected chi connectivity index (χ2v) is 6.26. The Kier molecular flexibility index (Phi) is 5.70. The van der Waals surface area contributed by atoms with Crippen LogP contribution >= 0.6 is 22.7 Å². The first-order valence-electron chi connectivity index (χ1n) is 6.61. The number of hydrogen-bond donors (Lipinski definition) is 2. The fourth-order valence-corrected chi connectivity index (χ4v) is 3.51. The van der Waals surface area contributed by atoms with Gasteiger partial charge in [-0.1, -0.05) is 0 Å². The third-order valence-corrected chi connectivity index (χ3v) is 4.78. The number of carbonyl (C=O) groups excluding carboxylic acids is 1. The minimum absolute atomic E-state index is 0.0505. The molecule has 0 aliphatic rings. The zero-order valence-electron chi connectivity index (χ0n) is 11.4. The summed E-state index contributed by atoms with van der Waals surface area (Å²) in [6.45, 7) is 2.73. The van der Waals surface area contributed by atoms with Gasteiger partial charge in [-0.2, -0.15) is 11.3 Å². The van der Waals surface area contributed by atoms with Crippen molar-refractivity contribution in [2.45, 2.75) is 26.2 Å². The molecule has 0 unspecified atom stereocenters. The molecule has 0 bridgehead atoms. The van der Waals surface area contributed by atoms with Gasteiger partial charge in [-0.3, -0.25) is 4.79 Å². The molecule has 0 saturated heterocycles. The Morgan fingerprint density at radius 2 is 2.25 bits per heavy atom. The molecule has 2 heterocycles. The molecular formula is C14H18N2O2S2. The number of rotatable bonds is 7. The number of hydrogen-bond acceptors (Lipinski definition) is 5. The van der Waals surface area contributed by atoms with E-state index in [-0.39, 0.29) is 12.5 Å². The van der Waals surface area contributed by atoms with Gasteiger partial charge in [-0.25, -0.2) is 4.98 Å². The van der Waals surface area contributed by atoms with Crippen molar-refractivity contribution in [2.75, 3.05) is 13.2 Å². The number of aromatic nitrogens is 1. The fourth-order valence-electron chi connectivity index (χ4n) is 1.81. The molecule has 108 valence electrons. The van der Waals surface area contributed by atoms with E-state index in [1.807, 2.05) is 23.8 Å². The number of unbranched alkanes of at least 4 members (excludes halogenated alkanes) is 2. The maximum atomic E-state index is 12.1. The molecule has 2 aromatic heterocycles. The van der Waals surface area contributed by atoms with Gasteiger partial charge in [0.05, 0.1) is 5.69 Å². The fraction of sp³-hybridized carbons (Fsp3) is 0.429. The Balaban J connectivity index is 1.93. The summed E-state index contributed by atoms with van der Waals surface area (Å²) in [7, 11) is 0. The van der Waals surface area contributed by atoms with Crippen molar-refractivity contribution in [3.63, 3.8) is 0 Å². The van der Waals surface area contributed by atoms with E-state index in [4.69, 9.17) is 5.11 Å². The quantitative estimate of drug-likeness (QED) is 0.773. The number of carbonyl (C=O) groups is 1. The van der Waals surface area contributed by atoms with Crippen molar-refractivity contribution in [1.29, 1.82) is 0 Å². The molecule has 0 aliphatic heterocycles. The van der Waals surface area contributed by atoms with Gasteiger partial charge in [0, 0.05) is 24.1 Å². The second-order valence-electron chi connectivity index (χ2n) is 4.49. The maximum Gasteiger partial charge on any atom is 0.263 e. The van der Waals surface area contributed by atoms with Gasteiger partial charge < -0.3 is 10.4 Å². The van der Waals surface area contributed by atoms with E-state index in [1.165, 1.54) is 11.3 Å². The van der Waals surface area contributed by atoms with E-state index in [2.05, 4.69) is 10.3 Å². The van der Waals surface area contributed by atoms with E-state index in [0.717, 1.165) is 35.5 Å². The van der Waals surface area contributed by atoms with Gasteiger partial charge in [-0.05, 0) is 37.6 Å². The summed E-state index contributed by atoms with van der Waals surface area (Å²) in [4.78, 5) is 17.2. The molecule has 6 heteroatoms. The molecule has 20 heavy (non-hydrogen) atoms. The Morgan fingerprint density at radius 3 is 2.95 bits per heavy atom. The number of aliphatic hydroxyl groups is 1. The number of thiazole rings is 1. The van der Waals surface area contributed by atoms with Gasteiger partial charge in [0.25, 0.3) is 5.91 Å². The predicted octanol–water partition coefficient (Wildman–Crippen LogP) is 3.07. The van der Waals surface area contributed by atoms with Crippen LogP contribution in [0.2, 0.25) is 0 Å². The Morgan fingerprint density at radius 1 is 1.40 bits per heavy atom. The highest BCUT2D eigenvalue weighted by Gasteiger charge is 2.15. The van der Waals surface area contributed by atoms with Crippen LogP contribution in [0.3, 0.4) is 0 Å². The Bertz CT molecular complexity index is 550. The summed E-state index contributed by atoms with van der Waals surface area (Å²) >= 11 is 3.06. The number of aryl methyl sites for hydroxylation is 1. The number of aliphatic hydroxyl groups excluding tert-OH is 1. The molecule has 2 N–H and O–H groups in total. The topological polar surface area (TPSA) is 62.2 Å². The molecule has 0 aliphatic carbocycles. The highest BCUT2D eigenvalue weighted by molar-refractivity contribution is 7.17. The Hall–Kier alpha value is -1.24. The molecule has 0 radical (unpaired) electrons. The molecule has 4 nitrogen and oxygen atoms in total. The van der Waals surface area contributed by atoms with Gasteiger partial charge in [0.1, 0.15) is 9.88 Å². The molecule has 2 aromatic rings. The summed E-state index contributed by atoms with van der Waals surface area (Å²) in [6, 6.07) is 2.01. The molecule has 0 aromatic carbocycles. The lowest BCUT2D eigenvalue weighted by Gasteiger charge is -2.03. The van der Waals surface area contributed by atoms with Crippen LogP contribution in [0.25, 0.3) is 10.6 Å². The van der Waals surface area contributed by atoms with Crippen LogP contribution < -0.4 is 5.32 Å². The van der Waals surface area contributed by atoms with Crippen LogP contribution in [0.5, 0.6) is 0 Å². The third-order valence-electron chi connectivity index (χ3n) is 2.89. The number of nitrogens with one attached hydrogen (secondary N) is 1. The van der Waals surface area contributed by atoms with Crippen molar-refractivity contribution < 1.29 is 9.90 Å². The zero-order valence-corrected chi connectivity index (χ0v) is 13.0. The first-order valence-corrected chi connectivity index (χ1v) is 8.37.